The molecule has 3 aromatic rings. The van der Waals surface area contributed by atoms with Gasteiger partial charge in [0.15, 0.2) is 0 Å². The third-order valence-corrected chi connectivity index (χ3v) is 5.43. The molecule has 1 aromatic heterocycles. The lowest BCUT2D eigenvalue weighted by Gasteiger charge is -2.35. The van der Waals surface area contributed by atoms with Crippen LogP contribution in [0.1, 0.15) is 0 Å². The topological polar surface area (TPSA) is 108 Å². The summed E-state index contributed by atoms with van der Waals surface area (Å²) < 4.78 is 4.55. The summed E-state index contributed by atoms with van der Waals surface area (Å²) in [5.74, 6) is -1.82. The molecule has 1 aliphatic rings. The van der Waals surface area contributed by atoms with Crippen LogP contribution in [0.15, 0.2) is 47.3 Å². The number of amides is 1. The number of likely N-dealkylation sites (N-methyl/N-ethyl adjacent to an activating group) is 1. The Kier molecular flexibility index (Phi) is 5.68. The predicted molar refractivity (Wildman–Crippen MR) is 118 cm³/mol. The number of H-pyrrole nitrogens is 1. The Morgan fingerprint density at radius 2 is 1.77 bits per heavy atom. The molecule has 0 aliphatic carbocycles. The highest BCUT2D eigenvalue weighted by Crippen LogP contribution is 2.33. The quantitative estimate of drug-likeness (QED) is 0.487. The molecule has 2 heterocycles. The lowest BCUT2D eigenvalue weighted by Crippen LogP contribution is -2.44. The highest BCUT2D eigenvalue weighted by atomic mass is 16.5. The molecule has 31 heavy (non-hydrogen) atoms. The van der Waals surface area contributed by atoms with E-state index < -0.39 is 11.9 Å². The van der Waals surface area contributed by atoms with Crippen molar-refractivity contribution in [3.63, 3.8) is 0 Å². The molecular formula is C22H23N5O4. The second-order valence-corrected chi connectivity index (χ2v) is 7.41. The number of esters is 1. The summed E-state index contributed by atoms with van der Waals surface area (Å²) in [6.07, 6.45) is 0. The minimum absolute atomic E-state index is 0.271. The van der Waals surface area contributed by atoms with Crippen LogP contribution >= 0.6 is 0 Å². The highest BCUT2D eigenvalue weighted by Gasteiger charge is 2.22. The maximum absolute atomic E-state index is 12.3. The van der Waals surface area contributed by atoms with Crippen LogP contribution in [0.2, 0.25) is 0 Å². The summed E-state index contributed by atoms with van der Waals surface area (Å²) in [5.41, 5.74) is 2.30. The molecule has 2 aromatic carbocycles. The smallest absolute Gasteiger partial charge is 0.396 e. The Morgan fingerprint density at radius 1 is 1.06 bits per heavy atom. The van der Waals surface area contributed by atoms with Crippen molar-refractivity contribution in [3.8, 4) is 11.3 Å². The van der Waals surface area contributed by atoms with Gasteiger partial charge in [0.1, 0.15) is 0 Å². The number of ether oxygens (including phenoxy) is 1. The number of anilines is 2. The van der Waals surface area contributed by atoms with Crippen molar-refractivity contribution < 1.29 is 14.3 Å². The molecule has 9 heteroatoms. The minimum Gasteiger partial charge on any atom is -0.462 e. The molecule has 1 saturated heterocycles. The number of carbonyl (C=O) groups is 2. The van der Waals surface area contributed by atoms with Gasteiger partial charge in [-0.25, -0.2) is 9.89 Å². The van der Waals surface area contributed by atoms with Crippen molar-refractivity contribution in [1.82, 2.24) is 15.1 Å². The average Bonchev–Trinajstić information content (AvgIpc) is 2.79. The van der Waals surface area contributed by atoms with Crippen LogP contribution in [-0.4, -0.2) is 67.3 Å². The van der Waals surface area contributed by atoms with Crippen molar-refractivity contribution in [2.45, 2.75) is 0 Å². The number of nitrogens with zero attached hydrogens (tertiary/aromatic N) is 3. The minimum atomic E-state index is -0.970. The van der Waals surface area contributed by atoms with E-state index in [-0.39, 0.29) is 5.56 Å². The number of benzene rings is 2. The standard InChI is InChI=1S/C22H23N5O4/c1-26-9-11-27(12-10-26)18-8-7-14(13-17(18)23-21(29)22(30)31-2)19-15-5-3-4-6-16(15)20(28)25-24-19/h3-8,13H,9-12H2,1-2H3,(H,23,29)(H,25,28). The third kappa shape index (κ3) is 4.13. The normalized spacial score (nSPS) is 14.5. The second kappa shape index (κ2) is 8.57. The molecule has 1 aliphatic heterocycles. The van der Waals surface area contributed by atoms with Gasteiger partial charge >= 0.3 is 11.9 Å². The van der Waals surface area contributed by atoms with E-state index in [9.17, 15) is 14.4 Å². The maximum Gasteiger partial charge on any atom is 0.396 e. The fourth-order valence-corrected chi connectivity index (χ4v) is 3.71. The summed E-state index contributed by atoms with van der Waals surface area (Å²) >= 11 is 0. The first kappa shape index (κ1) is 20.5. The monoisotopic (exact) mass is 421 g/mol. The summed E-state index contributed by atoms with van der Waals surface area (Å²) in [6.45, 7) is 3.35. The first-order valence-electron chi connectivity index (χ1n) is 9.92. The van der Waals surface area contributed by atoms with Crippen LogP contribution in [0.5, 0.6) is 0 Å². The molecule has 0 unspecified atom stereocenters. The van der Waals surface area contributed by atoms with Crippen LogP contribution in [0.3, 0.4) is 0 Å². The molecule has 0 spiro atoms. The van der Waals surface area contributed by atoms with Gasteiger partial charge in [-0.1, -0.05) is 24.3 Å². The molecule has 0 atom stereocenters. The highest BCUT2D eigenvalue weighted by molar-refractivity contribution is 6.37. The predicted octanol–water partition coefficient (Wildman–Crippen LogP) is 1.45. The molecule has 1 amide bonds. The molecule has 2 N–H and O–H groups in total. The number of fused-ring (bicyclic) bond motifs is 1. The van der Waals surface area contributed by atoms with Crippen LogP contribution in [0.4, 0.5) is 11.4 Å². The Balaban J connectivity index is 1.80. The van der Waals surface area contributed by atoms with Crippen molar-refractivity contribution in [3.05, 3.63) is 52.8 Å². The van der Waals surface area contributed by atoms with Crippen LogP contribution in [-0.2, 0) is 14.3 Å². The first-order valence-corrected chi connectivity index (χ1v) is 9.92. The van der Waals surface area contributed by atoms with Gasteiger partial charge in [-0.2, -0.15) is 5.10 Å². The lowest BCUT2D eigenvalue weighted by atomic mass is 10.0. The van der Waals surface area contributed by atoms with E-state index in [1.54, 1.807) is 18.2 Å². The lowest BCUT2D eigenvalue weighted by molar-refractivity contribution is -0.150. The second-order valence-electron chi connectivity index (χ2n) is 7.41. The SMILES string of the molecule is COC(=O)C(=O)Nc1cc(-c2n[nH]c(=O)c3ccccc23)ccc1N1CCN(C)CC1. The number of methoxy groups -OCH3 is 1. The van der Waals surface area contributed by atoms with Gasteiger partial charge in [0.25, 0.3) is 5.56 Å². The molecular weight excluding hydrogens is 398 g/mol. The number of carbonyl (C=O) groups excluding carboxylic acids is 2. The number of piperazine rings is 1. The van der Waals surface area contributed by atoms with Gasteiger partial charge in [-0.05, 0) is 25.2 Å². The third-order valence-electron chi connectivity index (χ3n) is 5.43. The van der Waals surface area contributed by atoms with E-state index >= 15 is 0 Å². The number of nitrogens with one attached hydrogen (secondary N) is 2. The van der Waals surface area contributed by atoms with Crippen LogP contribution in [0.25, 0.3) is 22.0 Å². The fraction of sp³-hybridized carbons (Fsp3) is 0.273. The Bertz CT molecular complexity index is 1200. The number of aromatic nitrogens is 2. The Morgan fingerprint density at radius 3 is 2.48 bits per heavy atom. The van der Waals surface area contributed by atoms with E-state index in [2.05, 4.69) is 37.1 Å². The van der Waals surface area contributed by atoms with Crippen molar-refractivity contribution >= 4 is 34.0 Å². The Labute approximate surface area is 178 Å². The summed E-state index contributed by atoms with van der Waals surface area (Å²) in [5, 5.41) is 10.7. The summed E-state index contributed by atoms with van der Waals surface area (Å²) in [4.78, 5) is 40.5. The number of rotatable bonds is 3. The average molecular weight is 421 g/mol. The number of hydrogen-bond acceptors (Lipinski definition) is 7. The fourth-order valence-electron chi connectivity index (χ4n) is 3.71. The number of aromatic amines is 1. The zero-order chi connectivity index (χ0) is 22.0. The molecule has 4 rings (SSSR count). The maximum atomic E-state index is 12.3. The number of hydrogen-bond donors (Lipinski definition) is 2. The van der Waals surface area contributed by atoms with Gasteiger partial charge in [-0.3, -0.25) is 9.59 Å². The van der Waals surface area contributed by atoms with E-state index in [4.69, 9.17) is 0 Å². The Hall–Kier alpha value is -3.72. The molecule has 0 saturated carbocycles. The van der Waals surface area contributed by atoms with Crippen molar-refractivity contribution in [2.24, 2.45) is 0 Å². The molecule has 1 fully saturated rings. The van der Waals surface area contributed by atoms with E-state index in [0.29, 0.717) is 27.7 Å². The zero-order valence-electron chi connectivity index (χ0n) is 17.3. The van der Waals surface area contributed by atoms with Gasteiger partial charge in [-0.15, -0.1) is 0 Å². The van der Waals surface area contributed by atoms with E-state index in [1.165, 1.54) is 0 Å². The van der Waals surface area contributed by atoms with Gasteiger partial charge < -0.3 is 19.9 Å². The molecule has 9 nitrogen and oxygen atoms in total. The van der Waals surface area contributed by atoms with Crippen molar-refractivity contribution in [1.29, 1.82) is 0 Å². The molecule has 0 radical (unpaired) electrons. The molecule has 160 valence electrons. The molecule has 0 bridgehead atoms. The van der Waals surface area contributed by atoms with E-state index in [0.717, 1.165) is 39.0 Å². The van der Waals surface area contributed by atoms with Gasteiger partial charge in [0, 0.05) is 37.1 Å². The van der Waals surface area contributed by atoms with E-state index in [1.807, 2.05) is 24.3 Å². The van der Waals surface area contributed by atoms with Gasteiger partial charge in [0.2, 0.25) is 0 Å². The zero-order valence-corrected chi connectivity index (χ0v) is 17.3. The van der Waals surface area contributed by atoms with Crippen LogP contribution < -0.4 is 15.8 Å². The van der Waals surface area contributed by atoms with Gasteiger partial charge in [0.05, 0.1) is 29.6 Å². The summed E-state index contributed by atoms with van der Waals surface area (Å²) in [6, 6.07) is 12.8. The first-order chi connectivity index (χ1) is 15.0. The summed E-state index contributed by atoms with van der Waals surface area (Å²) in [7, 11) is 3.23. The van der Waals surface area contributed by atoms with Crippen LogP contribution in [0, 0.1) is 0 Å². The van der Waals surface area contributed by atoms with Crippen molar-refractivity contribution in [2.75, 3.05) is 50.6 Å². The largest absolute Gasteiger partial charge is 0.462 e.